The lowest BCUT2D eigenvalue weighted by Crippen LogP contribution is -2.47. The molecule has 2 aliphatic rings. The number of carbonyl (C=O) groups excluding carboxylic acids is 1. The van der Waals surface area contributed by atoms with E-state index in [9.17, 15) is 14.0 Å². The Bertz CT molecular complexity index is 761. The maximum absolute atomic E-state index is 14.8. The zero-order chi connectivity index (χ0) is 21.0. The quantitative estimate of drug-likeness (QED) is 0.371. The number of amides is 2. The highest BCUT2D eigenvalue weighted by Gasteiger charge is 2.30. The molecule has 160 valence electrons. The average Bonchev–Trinajstić information content (AvgIpc) is 3.18. The van der Waals surface area contributed by atoms with Crippen LogP contribution in [0.2, 0.25) is 5.28 Å². The first-order valence-electron chi connectivity index (χ1n) is 9.87. The van der Waals surface area contributed by atoms with Crippen LogP contribution in [-0.2, 0) is 4.79 Å². The SMILES string of the molecule is CC1CCN1c1nc(Cl)nc(NNC(=O)[C@@H](CNC(=O)O)CC2CCCC2)c1F. The third-order valence-corrected chi connectivity index (χ3v) is 5.83. The molecule has 1 aliphatic carbocycles. The minimum atomic E-state index is -1.19. The van der Waals surface area contributed by atoms with Gasteiger partial charge in [-0.1, -0.05) is 25.7 Å². The van der Waals surface area contributed by atoms with Crippen LogP contribution in [0, 0.1) is 17.7 Å². The molecule has 1 unspecified atom stereocenters. The summed E-state index contributed by atoms with van der Waals surface area (Å²) in [5, 5.41) is 11.0. The lowest BCUT2D eigenvalue weighted by Gasteiger charge is -2.39. The zero-order valence-electron chi connectivity index (χ0n) is 16.3. The van der Waals surface area contributed by atoms with Gasteiger partial charge in [-0.15, -0.1) is 0 Å². The van der Waals surface area contributed by atoms with Crippen molar-refractivity contribution < 1.29 is 19.1 Å². The number of rotatable bonds is 8. The topological polar surface area (TPSA) is 119 Å². The molecular formula is C18H26ClFN6O3. The molecule has 29 heavy (non-hydrogen) atoms. The first kappa shape index (κ1) is 21.4. The highest BCUT2D eigenvalue weighted by molar-refractivity contribution is 6.28. The molecule has 3 rings (SSSR count). The van der Waals surface area contributed by atoms with Gasteiger partial charge in [-0.05, 0) is 37.3 Å². The molecule has 1 aromatic rings. The van der Waals surface area contributed by atoms with E-state index in [0.29, 0.717) is 18.9 Å². The van der Waals surface area contributed by atoms with E-state index in [0.717, 1.165) is 32.1 Å². The summed E-state index contributed by atoms with van der Waals surface area (Å²) in [6, 6.07) is 0.149. The molecule has 1 aromatic heterocycles. The Labute approximate surface area is 173 Å². The summed E-state index contributed by atoms with van der Waals surface area (Å²) in [6.45, 7) is 2.61. The Morgan fingerprint density at radius 1 is 1.31 bits per heavy atom. The molecule has 0 radical (unpaired) electrons. The standard InChI is InChI=1S/C18H26ClFN6O3/c1-10-6-7-26(10)15-13(20)14(22-17(19)23-15)24-25-16(27)12(9-21-18(28)29)8-11-4-2-3-5-11/h10-12,21H,2-9H2,1H3,(H,25,27)(H,28,29)(H,22,23,24)/t10?,12-/m1/s1. The van der Waals surface area contributed by atoms with Gasteiger partial charge in [-0.3, -0.25) is 15.6 Å². The van der Waals surface area contributed by atoms with Gasteiger partial charge >= 0.3 is 6.09 Å². The number of nitrogens with one attached hydrogen (secondary N) is 3. The van der Waals surface area contributed by atoms with Crippen molar-refractivity contribution in [2.24, 2.45) is 11.8 Å². The normalized spacial score (nSPS) is 20.1. The number of aromatic nitrogens is 2. The third kappa shape index (κ3) is 5.37. The van der Waals surface area contributed by atoms with Gasteiger partial charge in [0.25, 0.3) is 0 Å². The summed E-state index contributed by atoms with van der Waals surface area (Å²) >= 11 is 5.93. The highest BCUT2D eigenvalue weighted by atomic mass is 35.5. The fraction of sp³-hybridized carbons (Fsp3) is 0.667. The van der Waals surface area contributed by atoms with Crippen LogP contribution in [0.15, 0.2) is 0 Å². The van der Waals surface area contributed by atoms with Crippen LogP contribution in [0.3, 0.4) is 0 Å². The van der Waals surface area contributed by atoms with Gasteiger partial charge in [0.05, 0.1) is 5.92 Å². The molecule has 2 atom stereocenters. The molecule has 9 nitrogen and oxygen atoms in total. The summed E-state index contributed by atoms with van der Waals surface area (Å²) in [6.07, 6.45) is 4.59. The Morgan fingerprint density at radius 3 is 2.62 bits per heavy atom. The molecule has 11 heteroatoms. The van der Waals surface area contributed by atoms with Crippen LogP contribution in [0.25, 0.3) is 0 Å². The lowest BCUT2D eigenvalue weighted by molar-refractivity contribution is -0.124. The largest absolute Gasteiger partial charge is 0.465 e. The Balaban J connectivity index is 1.65. The van der Waals surface area contributed by atoms with Gasteiger partial charge in [0, 0.05) is 19.1 Å². The van der Waals surface area contributed by atoms with Crippen LogP contribution in [-0.4, -0.2) is 46.2 Å². The zero-order valence-corrected chi connectivity index (χ0v) is 17.0. The maximum Gasteiger partial charge on any atom is 0.404 e. The number of carbonyl (C=O) groups is 2. The molecule has 1 aliphatic heterocycles. The number of hydrogen-bond acceptors (Lipinski definition) is 6. The van der Waals surface area contributed by atoms with Crippen molar-refractivity contribution in [3.05, 3.63) is 11.1 Å². The van der Waals surface area contributed by atoms with Gasteiger partial charge in [0.15, 0.2) is 11.6 Å². The van der Waals surface area contributed by atoms with E-state index >= 15 is 0 Å². The van der Waals surface area contributed by atoms with Crippen molar-refractivity contribution in [3.8, 4) is 0 Å². The molecular weight excluding hydrogens is 403 g/mol. The Morgan fingerprint density at radius 2 is 2.03 bits per heavy atom. The van der Waals surface area contributed by atoms with Crippen LogP contribution in [0.5, 0.6) is 0 Å². The predicted molar refractivity (Wildman–Crippen MR) is 106 cm³/mol. The molecule has 2 amide bonds. The number of halogens is 2. The van der Waals surface area contributed by atoms with Gasteiger partial charge < -0.3 is 15.3 Å². The fourth-order valence-electron chi connectivity index (χ4n) is 3.88. The number of carboxylic acid groups (broad SMARTS) is 1. The summed E-state index contributed by atoms with van der Waals surface area (Å²) in [5.74, 6) is -1.45. The first-order valence-corrected chi connectivity index (χ1v) is 10.2. The molecule has 2 heterocycles. The molecule has 0 aromatic carbocycles. The molecule has 4 N–H and O–H groups in total. The van der Waals surface area contributed by atoms with Crippen molar-refractivity contribution in [2.45, 2.75) is 51.5 Å². The number of hydrogen-bond donors (Lipinski definition) is 4. The minimum absolute atomic E-state index is 0.0110. The van der Waals surface area contributed by atoms with E-state index in [2.05, 4.69) is 26.1 Å². The van der Waals surface area contributed by atoms with Crippen LogP contribution < -0.4 is 21.1 Å². The second kappa shape index (κ2) is 9.43. The monoisotopic (exact) mass is 428 g/mol. The summed E-state index contributed by atoms with van der Waals surface area (Å²) < 4.78 is 14.8. The maximum atomic E-state index is 14.8. The number of anilines is 2. The van der Waals surface area contributed by atoms with E-state index < -0.39 is 23.7 Å². The van der Waals surface area contributed by atoms with Crippen molar-refractivity contribution in [1.82, 2.24) is 20.7 Å². The second-order valence-corrected chi connectivity index (χ2v) is 8.03. The number of hydrazine groups is 1. The van der Waals surface area contributed by atoms with Crippen LogP contribution >= 0.6 is 11.6 Å². The Hall–Kier alpha value is -2.36. The van der Waals surface area contributed by atoms with Gasteiger partial charge in [0.1, 0.15) is 0 Å². The van der Waals surface area contributed by atoms with Gasteiger partial charge in [-0.2, -0.15) is 14.4 Å². The Kier molecular flexibility index (Phi) is 6.94. The molecule has 2 fully saturated rings. The predicted octanol–water partition coefficient (Wildman–Crippen LogP) is 2.77. The van der Waals surface area contributed by atoms with Crippen molar-refractivity contribution in [2.75, 3.05) is 23.4 Å². The van der Waals surface area contributed by atoms with Crippen molar-refractivity contribution in [1.29, 1.82) is 0 Å². The van der Waals surface area contributed by atoms with Gasteiger partial charge in [0.2, 0.25) is 17.0 Å². The number of nitrogens with zero attached hydrogens (tertiary/aromatic N) is 3. The van der Waals surface area contributed by atoms with E-state index in [4.69, 9.17) is 16.7 Å². The average molecular weight is 429 g/mol. The van der Waals surface area contributed by atoms with E-state index in [1.54, 1.807) is 4.90 Å². The van der Waals surface area contributed by atoms with Crippen molar-refractivity contribution >= 4 is 35.2 Å². The van der Waals surface area contributed by atoms with E-state index in [-0.39, 0.29) is 29.5 Å². The summed E-state index contributed by atoms with van der Waals surface area (Å²) in [7, 11) is 0. The summed E-state index contributed by atoms with van der Waals surface area (Å²) in [4.78, 5) is 33.0. The van der Waals surface area contributed by atoms with E-state index in [1.807, 2.05) is 6.92 Å². The molecule has 0 spiro atoms. The molecule has 0 bridgehead atoms. The van der Waals surface area contributed by atoms with Crippen LogP contribution in [0.1, 0.15) is 45.4 Å². The van der Waals surface area contributed by atoms with Gasteiger partial charge in [-0.25, -0.2) is 4.79 Å². The van der Waals surface area contributed by atoms with E-state index in [1.165, 1.54) is 0 Å². The molecule has 1 saturated heterocycles. The fourth-order valence-corrected chi connectivity index (χ4v) is 4.04. The second-order valence-electron chi connectivity index (χ2n) is 7.69. The van der Waals surface area contributed by atoms with Crippen molar-refractivity contribution in [3.63, 3.8) is 0 Å². The highest BCUT2D eigenvalue weighted by Crippen LogP contribution is 2.31. The van der Waals surface area contributed by atoms with Crippen LogP contribution in [0.4, 0.5) is 20.8 Å². The molecule has 1 saturated carbocycles. The summed E-state index contributed by atoms with van der Waals surface area (Å²) in [5.41, 5.74) is 4.94. The minimum Gasteiger partial charge on any atom is -0.465 e. The first-order chi connectivity index (χ1) is 13.8. The lowest BCUT2D eigenvalue weighted by atomic mass is 9.92. The smallest absolute Gasteiger partial charge is 0.404 e. The third-order valence-electron chi connectivity index (χ3n) is 5.67.